The van der Waals surface area contributed by atoms with Crippen LogP contribution in [0.1, 0.15) is 84.1 Å². The maximum atomic E-state index is 13.7. The van der Waals surface area contributed by atoms with Crippen molar-refractivity contribution in [3.05, 3.63) is 48.0 Å². The number of carbonyl (C=O) groups is 4. The van der Waals surface area contributed by atoms with Crippen molar-refractivity contribution in [1.29, 1.82) is 0 Å². The average molecular weight is 632 g/mol. The summed E-state index contributed by atoms with van der Waals surface area (Å²) >= 11 is 0. The van der Waals surface area contributed by atoms with Gasteiger partial charge in [-0.2, -0.15) is 8.42 Å². The van der Waals surface area contributed by atoms with E-state index in [0.717, 1.165) is 24.8 Å². The first-order valence-electron chi connectivity index (χ1n) is 15.5. The van der Waals surface area contributed by atoms with Gasteiger partial charge in [-0.1, -0.05) is 55.3 Å². The summed E-state index contributed by atoms with van der Waals surface area (Å²) in [5, 5.41) is 2.72. The molecule has 2 fully saturated rings. The van der Waals surface area contributed by atoms with Crippen molar-refractivity contribution < 1.29 is 36.5 Å². The number of nitrogens with zero attached hydrogens (tertiary/aromatic N) is 1. The number of nitrogens with one attached hydrogen (secondary N) is 2. The molecule has 1 aliphatic carbocycles. The summed E-state index contributed by atoms with van der Waals surface area (Å²) in [6.07, 6.45) is 8.19. The van der Waals surface area contributed by atoms with Crippen molar-refractivity contribution in [2.45, 2.75) is 103 Å². The second kappa shape index (κ2) is 14.2. The molecule has 1 saturated heterocycles. The third-order valence-electron chi connectivity index (χ3n) is 8.39. The molecule has 4 atom stereocenters. The molecule has 3 amide bonds. The molecule has 0 bridgehead atoms. The molecule has 2 N–H and O–H groups in total. The van der Waals surface area contributed by atoms with Gasteiger partial charge in [-0.15, -0.1) is 0 Å². The van der Waals surface area contributed by atoms with E-state index in [1.807, 2.05) is 42.5 Å². The first-order chi connectivity index (χ1) is 20.8. The van der Waals surface area contributed by atoms with Gasteiger partial charge in [0.05, 0.1) is 18.1 Å². The third kappa shape index (κ3) is 9.13. The number of fused-ring (bicyclic) bond motifs is 2. The number of Topliss-reactive ketones (excluding diaryl/α,β-unsaturated/α-hetero) is 1. The molecule has 0 spiro atoms. The van der Waals surface area contributed by atoms with Crippen LogP contribution in [0.2, 0.25) is 0 Å². The van der Waals surface area contributed by atoms with Crippen LogP contribution in [0.3, 0.4) is 0 Å². The molecule has 242 valence electrons. The highest BCUT2D eigenvalue weighted by Gasteiger charge is 2.61. The van der Waals surface area contributed by atoms with Crippen molar-refractivity contribution in [2.75, 3.05) is 13.2 Å². The molecule has 1 saturated carbocycles. The van der Waals surface area contributed by atoms with E-state index < -0.39 is 45.4 Å². The van der Waals surface area contributed by atoms with Crippen LogP contribution in [0.25, 0.3) is 0 Å². The van der Waals surface area contributed by atoms with Crippen LogP contribution in [0.15, 0.2) is 42.5 Å². The van der Waals surface area contributed by atoms with E-state index in [2.05, 4.69) is 10.0 Å². The van der Waals surface area contributed by atoms with Gasteiger partial charge in [-0.3, -0.25) is 18.6 Å². The fourth-order valence-corrected chi connectivity index (χ4v) is 6.83. The van der Waals surface area contributed by atoms with Gasteiger partial charge in [-0.25, -0.2) is 9.52 Å². The Labute approximate surface area is 260 Å². The molecule has 1 aromatic carbocycles. The molecule has 1 aromatic rings. The molecule has 12 heteroatoms. The fraction of sp³-hybridized carbons (Fsp3) is 0.625. The highest BCUT2D eigenvalue weighted by molar-refractivity contribution is 7.85. The Morgan fingerprint density at radius 1 is 1.05 bits per heavy atom. The zero-order valence-corrected chi connectivity index (χ0v) is 26.7. The standard InChI is InChI=1S/C32H45N3O8S/c1-31(2,3)43-30(39)33-25-16-11-6-4-5-10-15-24-21-32(24,22-27(36)26-17-12-19-35(26)28(25)37)29(38)34-44(40,41)42-20-18-23-13-8-7-9-14-23/h7-10,13-15,24-26H,4-6,11-12,16-22H2,1-3H3,(H,33,39)(H,34,38)/b15-10-/t24-,25+,26+,32-/m1/s1. The summed E-state index contributed by atoms with van der Waals surface area (Å²) in [7, 11) is -4.40. The van der Waals surface area contributed by atoms with Crippen LogP contribution in [0.5, 0.6) is 0 Å². The number of alkyl carbamates (subject to hydrolysis) is 1. The molecular formula is C32H45N3O8S. The molecular weight excluding hydrogens is 586 g/mol. The molecule has 0 unspecified atom stereocenters. The number of rotatable bonds is 7. The van der Waals surface area contributed by atoms with Gasteiger partial charge in [0.15, 0.2) is 5.78 Å². The Bertz CT molecular complexity index is 1340. The highest BCUT2D eigenvalue weighted by atomic mass is 32.2. The number of amides is 3. The van der Waals surface area contributed by atoms with Crippen LogP contribution < -0.4 is 10.0 Å². The molecule has 2 heterocycles. The second-order valence-corrected chi connectivity index (χ2v) is 14.4. The van der Waals surface area contributed by atoms with E-state index >= 15 is 0 Å². The van der Waals surface area contributed by atoms with E-state index in [4.69, 9.17) is 8.92 Å². The predicted octanol–water partition coefficient (Wildman–Crippen LogP) is 3.98. The Balaban J connectivity index is 1.47. The zero-order valence-electron chi connectivity index (χ0n) is 25.9. The maximum absolute atomic E-state index is 13.7. The maximum Gasteiger partial charge on any atom is 0.408 e. The van der Waals surface area contributed by atoms with Gasteiger partial charge in [0.2, 0.25) is 11.8 Å². The molecule has 3 aliphatic rings. The van der Waals surface area contributed by atoms with Gasteiger partial charge in [0.1, 0.15) is 11.6 Å². The quantitative estimate of drug-likeness (QED) is 0.430. The fourth-order valence-electron chi connectivity index (χ4n) is 6.04. The Hall–Kier alpha value is -3.25. The highest BCUT2D eigenvalue weighted by Crippen LogP contribution is 2.57. The number of ketones is 1. The molecule has 4 rings (SSSR count). The first kappa shape index (κ1) is 33.6. The molecule has 0 aromatic heterocycles. The first-order valence-corrected chi connectivity index (χ1v) is 17.0. The number of ether oxygens (including phenoxy) is 1. The monoisotopic (exact) mass is 631 g/mol. The summed E-state index contributed by atoms with van der Waals surface area (Å²) in [5.74, 6) is -1.72. The lowest BCUT2D eigenvalue weighted by atomic mass is 9.91. The number of hydrogen-bond donors (Lipinski definition) is 2. The van der Waals surface area contributed by atoms with E-state index in [1.54, 1.807) is 20.8 Å². The van der Waals surface area contributed by atoms with Gasteiger partial charge in [0, 0.05) is 13.0 Å². The van der Waals surface area contributed by atoms with Gasteiger partial charge >= 0.3 is 16.4 Å². The molecule has 2 aliphatic heterocycles. The summed E-state index contributed by atoms with van der Waals surface area (Å²) in [5.41, 5.74) is -1.08. The van der Waals surface area contributed by atoms with E-state index in [9.17, 15) is 27.6 Å². The van der Waals surface area contributed by atoms with E-state index in [-0.39, 0.29) is 30.6 Å². The number of carbonyl (C=O) groups excluding carboxylic acids is 4. The summed E-state index contributed by atoms with van der Waals surface area (Å²) in [4.78, 5) is 55.1. The van der Waals surface area contributed by atoms with Crippen LogP contribution in [0.4, 0.5) is 4.79 Å². The Morgan fingerprint density at radius 2 is 1.80 bits per heavy atom. The lowest BCUT2D eigenvalue weighted by Gasteiger charge is -2.30. The lowest BCUT2D eigenvalue weighted by Crippen LogP contribution is -2.52. The van der Waals surface area contributed by atoms with Crippen LogP contribution in [0, 0.1) is 11.3 Å². The van der Waals surface area contributed by atoms with Gasteiger partial charge < -0.3 is 15.0 Å². The number of allylic oxidation sites excluding steroid dienone is 2. The minimum Gasteiger partial charge on any atom is -0.444 e. The van der Waals surface area contributed by atoms with Crippen molar-refractivity contribution in [1.82, 2.24) is 14.9 Å². The Morgan fingerprint density at radius 3 is 2.52 bits per heavy atom. The van der Waals surface area contributed by atoms with Crippen molar-refractivity contribution >= 4 is 34.0 Å². The lowest BCUT2D eigenvalue weighted by molar-refractivity contribution is -0.140. The molecule has 0 radical (unpaired) electrons. The normalized spacial score (nSPS) is 27.2. The minimum atomic E-state index is -4.40. The number of benzene rings is 1. The zero-order chi connectivity index (χ0) is 32.0. The molecule has 11 nitrogen and oxygen atoms in total. The summed E-state index contributed by atoms with van der Waals surface area (Å²) in [6.45, 7) is 5.44. The van der Waals surface area contributed by atoms with Gasteiger partial charge in [0.25, 0.3) is 0 Å². The van der Waals surface area contributed by atoms with Gasteiger partial charge in [-0.05, 0) is 77.2 Å². The van der Waals surface area contributed by atoms with Crippen LogP contribution >= 0.6 is 0 Å². The van der Waals surface area contributed by atoms with Crippen molar-refractivity contribution in [3.8, 4) is 0 Å². The summed E-state index contributed by atoms with van der Waals surface area (Å²) in [6, 6.07) is 7.64. The van der Waals surface area contributed by atoms with E-state index in [1.165, 1.54) is 4.90 Å². The second-order valence-electron chi connectivity index (χ2n) is 13.0. The Kier molecular flexibility index (Phi) is 10.9. The molecule has 44 heavy (non-hydrogen) atoms. The average Bonchev–Trinajstić information content (AvgIpc) is 3.40. The predicted molar refractivity (Wildman–Crippen MR) is 163 cm³/mol. The van der Waals surface area contributed by atoms with Crippen LogP contribution in [-0.2, 0) is 40.0 Å². The van der Waals surface area contributed by atoms with Crippen molar-refractivity contribution in [2.24, 2.45) is 11.3 Å². The smallest absolute Gasteiger partial charge is 0.408 e. The summed E-state index contributed by atoms with van der Waals surface area (Å²) < 4.78 is 37.9. The largest absolute Gasteiger partial charge is 0.444 e. The number of hydrogen-bond acceptors (Lipinski definition) is 8. The van der Waals surface area contributed by atoms with E-state index in [0.29, 0.717) is 45.1 Å². The minimum absolute atomic E-state index is 0.139. The van der Waals surface area contributed by atoms with Crippen molar-refractivity contribution in [3.63, 3.8) is 0 Å². The topological polar surface area (TPSA) is 148 Å². The SMILES string of the molecule is CC(C)(C)OC(=O)N[C@H]1CCCCC/C=C\[C@@H]2C[C@@]2(C(=O)NS(=O)(=O)OCCc2ccccc2)CC(=O)[C@@H]2CCCN2C1=O. The third-order valence-corrected chi connectivity index (χ3v) is 9.31. The van der Waals surface area contributed by atoms with Crippen LogP contribution in [-0.4, -0.2) is 67.8 Å².